The van der Waals surface area contributed by atoms with Gasteiger partial charge in [0.25, 0.3) is 0 Å². The van der Waals surface area contributed by atoms with Crippen molar-refractivity contribution < 1.29 is 19.1 Å². The van der Waals surface area contributed by atoms with Crippen LogP contribution in [-0.2, 0) is 9.47 Å². The third kappa shape index (κ3) is 8.45. The van der Waals surface area contributed by atoms with Gasteiger partial charge in [-0.25, -0.2) is 9.59 Å². The van der Waals surface area contributed by atoms with E-state index < -0.39 is 11.9 Å². The summed E-state index contributed by atoms with van der Waals surface area (Å²) in [7, 11) is 0. The van der Waals surface area contributed by atoms with E-state index in [1.165, 1.54) is 0 Å². The summed E-state index contributed by atoms with van der Waals surface area (Å²) < 4.78 is 11.0. The lowest BCUT2D eigenvalue weighted by Crippen LogP contribution is -2.18. The fraction of sp³-hybridized carbons (Fsp3) is 0.667. The first-order valence-electron chi connectivity index (χ1n) is 11.0. The summed E-state index contributed by atoms with van der Waals surface area (Å²) in [5.74, 6) is 0.0550. The maximum Gasteiger partial charge on any atom is 0.339 e. The van der Waals surface area contributed by atoms with Crippen LogP contribution in [0.3, 0.4) is 0 Å². The maximum atomic E-state index is 12.6. The molecular weight excluding hydrogens is 352 g/mol. The molecule has 28 heavy (non-hydrogen) atoms. The van der Waals surface area contributed by atoms with E-state index in [0.29, 0.717) is 30.6 Å². The Labute approximate surface area is 171 Å². The Morgan fingerprint density at radius 3 is 1.93 bits per heavy atom. The summed E-state index contributed by atoms with van der Waals surface area (Å²) in [4.78, 5) is 25.1. The van der Waals surface area contributed by atoms with Gasteiger partial charge in [0.05, 0.1) is 24.3 Å². The molecule has 0 fully saturated rings. The second-order valence-electron chi connectivity index (χ2n) is 7.55. The molecule has 0 aromatic heterocycles. The van der Waals surface area contributed by atoms with E-state index in [4.69, 9.17) is 9.47 Å². The summed E-state index contributed by atoms with van der Waals surface area (Å²) in [5, 5.41) is 0. The molecule has 1 unspecified atom stereocenters. The predicted octanol–water partition coefficient (Wildman–Crippen LogP) is 6.43. The maximum absolute atomic E-state index is 12.6. The van der Waals surface area contributed by atoms with Gasteiger partial charge in [0.15, 0.2) is 0 Å². The van der Waals surface area contributed by atoms with Crippen molar-refractivity contribution in [3.05, 3.63) is 35.4 Å². The van der Waals surface area contributed by atoms with E-state index in [0.717, 1.165) is 51.4 Å². The first-order chi connectivity index (χ1) is 13.6. The van der Waals surface area contributed by atoms with Crippen molar-refractivity contribution >= 4 is 11.9 Å². The van der Waals surface area contributed by atoms with Crippen molar-refractivity contribution in [2.75, 3.05) is 13.2 Å². The van der Waals surface area contributed by atoms with Gasteiger partial charge in [0.1, 0.15) is 0 Å². The average molecular weight is 391 g/mol. The standard InChI is InChI=1S/C24H38O4/c1-5-9-13-20(12-6-2)18-28-24(26)22-15-11-10-14-21(22)23(25)27-17-16-19(7-3)8-4/h10-11,14-15,19-20H,5-9,12-13,16-18H2,1-4H3. The summed E-state index contributed by atoms with van der Waals surface area (Å²) in [5.41, 5.74) is 0.582. The van der Waals surface area contributed by atoms with Crippen LogP contribution in [0.25, 0.3) is 0 Å². The van der Waals surface area contributed by atoms with Gasteiger partial charge in [-0.2, -0.15) is 0 Å². The topological polar surface area (TPSA) is 52.6 Å². The Bertz CT molecular complexity index is 578. The van der Waals surface area contributed by atoms with Crippen LogP contribution in [0.15, 0.2) is 24.3 Å². The molecule has 4 nitrogen and oxygen atoms in total. The molecule has 1 rings (SSSR count). The summed E-state index contributed by atoms with van der Waals surface area (Å²) in [6.07, 6.45) is 8.47. The molecule has 1 aromatic rings. The molecule has 1 atom stereocenters. The number of hydrogen-bond acceptors (Lipinski definition) is 4. The van der Waals surface area contributed by atoms with Gasteiger partial charge in [0, 0.05) is 0 Å². The lowest BCUT2D eigenvalue weighted by Gasteiger charge is -2.17. The summed E-state index contributed by atoms with van der Waals surface area (Å²) in [6.45, 7) is 9.39. The fourth-order valence-corrected chi connectivity index (χ4v) is 3.42. The number of benzene rings is 1. The zero-order valence-corrected chi connectivity index (χ0v) is 18.2. The van der Waals surface area contributed by atoms with Crippen LogP contribution >= 0.6 is 0 Å². The molecule has 0 N–H and O–H groups in total. The predicted molar refractivity (Wildman–Crippen MR) is 114 cm³/mol. The number of carbonyl (C=O) groups is 2. The van der Waals surface area contributed by atoms with E-state index in [1.54, 1.807) is 24.3 Å². The Hall–Kier alpha value is -1.84. The molecule has 0 saturated heterocycles. The van der Waals surface area contributed by atoms with Gasteiger partial charge in [-0.15, -0.1) is 0 Å². The number of carbonyl (C=O) groups excluding carboxylic acids is 2. The van der Waals surface area contributed by atoms with E-state index in [2.05, 4.69) is 27.7 Å². The van der Waals surface area contributed by atoms with Gasteiger partial charge in [-0.05, 0) is 43.2 Å². The van der Waals surface area contributed by atoms with Crippen LogP contribution in [0.2, 0.25) is 0 Å². The molecule has 0 amide bonds. The minimum absolute atomic E-state index is 0.289. The highest BCUT2D eigenvalue weighted by Crippen LogP contribution is 2.18. The molecular formula is C24H38O4. The molecule has 0 saturated carbocycles. The third-order valence-electron chi connectivity index (χ3n) is 5.39. The van der Waals surface area contributed by atoms with Crippen molar-refractivity contribution in [2.24, 2.45) is 11.8 Å². The number of rotatable bonds is 14. The monoisotopic (exact) mass is 390 g/mol. The average Bonchev–Trinajstić information content (AvgIpc) is 2.72. The van der Waals surface area contributed by atoms with Crippen LogP contribution in [0.4, 0.5) is 0 Å². The van der Waals surface area contributed by atoms with Gasteiger partial charge >= 0.3 is 11.9 Å². The van der Waals surface area contributed by atoms with Crippen LogP contribution in [0.1, 0.15) is 99.8 Å². The Morgan fingerprint density at radius 1 is 0.786 bits per heavy atom. The van der Waals surface area contributed by atoms with Crippen LogP contribution in [0.5, 0.6) is 0 Å². The second kappa shape index (κ2) is 14.2. The lowest BCUT2D eigenvalue weighted by atomic mass is 9.98. The minimum Gasteiger partial charge on any atom is -0.462 e. The third-order valence-corrected chi connectivity index (χ3v) is 5.39. The number of hydrogen-bond donors (Lipinski definition) is 0. The highest BCUT2D eigenvalue weighted by Gasteiger charge is 2.20. The highest BCUT2D eigenvalue weighted by atomic mass is 16.5. The first kappa shape index (κ1) is 24.2. The quantitative estimate of drug-likeness (QED) is 0.343. The molecule has 0 aliphatic heterocycles. The van der Waals surface area contributed by atoms with Crippen LogP contribution < -0.4 is 0 Å². The largest absolute Gasteiger partial charge is 0.462 e. The Kier molecular flexibility index (Phi) is 12.3. The number of unbranched alkanes of at least 4 members (excludes halogenated alkanes) is 1. The molecule has 0 aliphatic rings. The van der Waals surface area contributed by atoms with Gasteiger partial charge < -0.3 is 9.47 Å². The van der Waals surface area contributed by atoms with E-state index >= 15 is 0 Å². The zero-order chi connectivity index (χ0) is 20.8. The Balaban J connectivity index is 2.67. The molecule has 0 spiro atoms. The molecule has 1 aromatic carbocycles. The smallest absolute Gasteiger partial charge is 0.339 e. The normalized spacial score (nSPS) is 12.0. The molecule has 0 bridgehead atoms. The van der Waals surface area contributed by atoms with Crippen molar-refractivity contribution in [3.8, 4) is 0 Å². The lowest BCUT2D eigenvalue weighted by molar-refractivity contribution is 0.0397. The van der Waals surface area contributed by atoms with Gasteiger partial charge in [0.2, 0.25) is 0 Å². The highest BCUT2D eigenvalue weighted by molar-refractivity contribution is 6.03. The zero-order valence-electron chi connectivity index (χ0n) is 18.2. The number of esters is 2. The van der Waals surface area contributed by atoms with Gasteiger partial charge in [-0.3, -0.25) is 0 Å². The van der Waals surface area contributed by atoms with E-state index in [9.17, 15) is 9.59 Å². The summed E-state index contributed by atoms with van der Waals surface area (Å²) in [6, 6.07) is 6.77. The molecule has 4 heteroatoms. The molecule has 0 radical (unpaired) electrons. The summed E-state index contributed by atoms with van der Waals surface area (Å²) >= 11 is 0. The molecule has 158 valence electrons. The van der Waals surface area contributed by atoms with Crippen molar-refractivity contribution in [1.29, 1.82) is 0 Å². The van der Waals surface area contributed by atoms with Crippen molar-refractivity contribution in [3.63, 3.8) is 0 Å². The molecule has 0 aliphatic carbocycles. The minimum atomic E-state index is -0.449. The van der Waals surface area contributed by atoms with Crippen LogP contribution in [0, 0.1) is 11.8 Å². The van der Waals surface area contributed by atoms with Crippen molar-refractivity contribution in [1.82, 2.24) is 0 Å². The van der Waals surface area contributed by atoms with Crippen molar-refractivity contribution in [2.45, 2.75) is 79.1 Å². The second-order valence-corrected chi connectivity index (χ2v) is 7.55. The molecule has 0 heterocycles. The Morgan fingerprint density at radius 2 is 1.39 bits per heavy atom. The first-order valence-corrected chi connectivity index (χ1v) is 11.0. The van der Waals surface area contributed by atoms with E-state index in [1.807, 2.05) is 0 Å². The number of ether oxygens (including phenoxy) is 2. The SMILES string of the molecule is CCCCC(CCC)COC(=O)c1ccccc1C(=O)OCCC(CC)CC. The van der Waals surface area contributed by atoms with E-state index in [-0.39, 0.29) is 5.56 Å². The van der Waals surface area contributed by atoms with Crippen LogP contribution in [-0.4, -0.2) is 25.2 Å². The van der Waals surface area contributed by atoms with Gasteiger partial charge in [-0.1, -0.05) is 71.9 Å². The fourth-order valence-electron chi connectivity index (χ4n) is 3.42.